The average Bonchev–Trinajstić information content (AvgIpc) is 3.19. The highest BCUT2D eigenvalue weighted by atomic mass is 32.2. The Bertz CT molecular complexity index is 881. The van der Waals surface area contributed by atoms with E-state index in [-0.39, 0.29) is 12.1 Å². The van der Waals surface area contributed by atoms with E-state index in [2.05, 4.69) is 28.6 Å². The number of pyridine rings is 1. The highest BCUT2D eigenvalue weighted by Crippen LogP contribution is 2.29. The van der Waals surface area contributed by atoms with E-state index in [1.807, 2.05) is 30.0 Å². The first-order valence-electron chi connectivity index (χ1n) is 7.93. The SMILES string of the molecule is CCn1c2ccccc2c2cc(C(=O)OC3CCSC3)ncc21. The van der Waals surface area contributed by atoms with Crippen molar-refractivity contribution >= 4 is 39.5 Å². The van der Waals surface area contributed by atoms with Gasteiger partial charge in [0.15, 0.2) is 0 Å². The Hall–Kier alpha value is -2.01. The number of hydrogen-bond donors (Lipinski definition) is 0. The van der Waals surface area contributed by atoms with Crippen LogP contribution in [0.3, 0.4) is 0 Å². The van der Waals surface area contributed by atoms with Crippen LogP contribution in [0.4, 0.5) is 0 Å². The standard InChI is InChI=1S/C18H18N2O2S/c1-2-20-16-6-4-3-5-13(16)14-9-15(19-10-17(14)20)18(21)22-12-7-8-23-11-12/h3-6,9-10,12H,2,7-8,11H2,1H3. The number of esters is 1. The fraction of sp³-hybridized carbons (Fsp3) is 0.333. The second kappa shape index (κ2) is 5.89. The molecule has 3 aromatic rings. The Labute approximate surface area is 138 Å². The zero-order valence-electron chi connectivity index (χ0n) is 13.0. The van der Waals surface area contributed by atoms with Gasteiger partial charge in [-0.2, -0.15) is 11.8 Å². The van der Waals surface area contributed by atoms with Crippen molar-refractivity contribution in [3.63, 3.8) is 0 Å². The van der Waals surface area contributed by atoms with Crippen molar-refractivity contribution in [2.45, 2.75) is 26.0 Å². The minimum Gasteiger partial charge on any atom is -0.457 e. The topological polar surface area (TPSA) is 44.1 Å². The Morgan fingerprint density at radius 3 is 3.00 bits per heavy atom. The highest BCUT2D eigenvalue weighted by Gasteiger charge is 2.22. The summed E-state index contributed by atoms with van der Waals surface area (Å²) in [5.41, 5.74) is 2.62. The molecule has 0 radical (unpaired) electrons. The maximum absolute atomic E-state index is 12.4. The lowest BCUT2D eigenvalue weighted by Gasteiger charge is -2.10. The number of aromatic nitrogens is 2. The molecule has 0 amide bonds. The van der Waals surface area contributed by atoms with E-state index in [9.17, 15) is 4.79 Å². The largest absolute Gasteiger partial charge is 0.457 e. The van der Waals surface area contributed by atoms with Crippen LogP contribution in [-0.4, -0.2) is 33.1 Å². The molecule has 118 valence electrons. The Kier molecular flexibility index (Phi) is 3.73. The first kappa shape index (κ1) is 14.6. The summed E-state index contributed by atoms with van der Waals surface area (Å²) in [6, 6.07) is 10.1. The molecule has 4 rings (SSSR count). The number of benzene rings is 1. The number of para-hydroxylation sites is 1. The van der Waals surface area contributed by atoms with Crippen LogP contribution in [0.15, 0.2) is 36.5 Å². The van der Waals surface area contributed by atoms with Gasteiger partial charge in [-0.25, -0.2) is 9.78 Å². The number of hydrogen-bond acceptors (Lipinski definition) is 4. The van der Waals surface area contributed by atoms with Crippen LogP contribution in [0, 0.1) is 0 Å². The summed E-state index contributed by atoms with van der Waals surface area (Å²) in [5.74, 6) is 1.64. The van der Waals surface area contributed by atoms with Gasteiger partial charge < -0.3 is 9.30 Å². The van der Waals surface area contributed by atoms with E-state index in [1.165, 1.54) is 5.52 Å². The fourth-order valence-corrected chi connectivity index (χ4v) is 4.31. The van der Waals surface area contributed by atoms with Crippen LogP contribution in [0.5, 0.6) is 0 Å². The molecule has 1 atom stereocenters. The zero-order chi connectivity index (χ0) is 15.8. The van der Waals surface area contributed by atoms with E-state index in [4.69, 9.17) is 4.74 Å². The molecule has 4 nitrogen and oxygen atoms in total. The van der Waals surface area contributed by atoms with E-state index < -0.39 is 0 Å². The van der Waals surface area contributed by atoms with Gasteiger partial charge in [0, 0.05) is 28.6 Å². The minimum atomic E-state index is -0.312. The Balaban J connectivity index is 1.78. The predicted molar refractivity (Wildman–Crippen MR) is 94.1 cm³/mol. The molecule has 23 heavy (non-hydrogen) atoms. The summed E-state index contributed by atoms with van der Waals surface area (Å²) in [4.78, 5) is 16.7. The predicted octanol–water partition coefficient (Wildman–Crippen LogP) is 3.87. The van der Waals surface area contributed by atoms with Gasteiger partial charge in [-0.3, -0.25) is 0 Å². The molecule has 2 aromatic heterocycles. The first-order chi connectivity index (χ1) is 11.3. The lowest BCUT2D eigenvalue weighted by Crippen LogP contribution is -2.18. The smallest absolute Gasteiger partial charge is 0.357 e. The van der Waals surface area contributed by atoms with E-state index >= 15 is 0 Å². The molecule has 5 heteroatoms. The lowest BCUT2D eigenvalue weighted by molar-refractivity contribution is 0.0350. The van der Waals surface area contributed by atoms with Crippen molar-refractivity contribution in [1.82, 2.24) is 9.55 Å². The highest BCUT2D eigenvalue weighted by molar-refractivity contribution is 7.99. The zero-order valence-corrected chi connectivity index (χ0v) is 13.8. The quantitative estimate of drug-likeness (QED) is 0.685. The fourth-order valence-electron chi connectivity index (χ4n) is 3.22. The van der Waals surface area contributed by atoms with Crippen LogP contribution in [0.1, 0.15) is 23.8 Å². The monoisotopic (exact) mass is 326 g/mol. The van der Waals surface area contributed by atoms with Gasteiger partial charge in [0.05, 0.1) is 11.7 Å². The summed E-state index contributed by atoms with van der Waals surface area (Å²) in [7, 11) is 0. The summed E-state index contributed by atoms with van der Waals surface area (Å²) in [5, 5.41) is 2.21. The van der Waals surface area contributed by atoms with Crippen molar-refractivity contribution < 1.29 is 9.53 Å². The number of carbonyl (C=O) groups is 1. The summed E-state index contributed by atoms with van der Waals surface area (Å²) < 4.78 is 7.79. The molecule has 1 unspecified atom stereocenters. The number of fused-ring (bicyclic) bond motifs is 3. The number of nitrogens with zero attached hydrogens (tertiary/aromatic N) is 2. The van der Waals surface area contributed by atoms with Crippen molar-refractivity contribution in [3.05, 3.63) is 42.2 Å². The van der Waals surface area contributed by atoms with Crippen molar-refractivity contribution in [1.29, 1.82) is 0 Å². The molecule has 1 saturated heterocycles. The van der Waals surface area contributed by atoms with Gasteiger partial charge in [-0.15, -0.1) is 0 Å². The van der Waals surface area contributed by atoms with Gasteiger partial charge >= 0.3 is 5.97 Å². The molecule has 3 heterocycles. The molecule has 0 bridgehead atoms. The third-order valence-electron chi connectivity index (χ3n) is 4.35. The van der Waals surface area contributed by atoms with E-state index in [1.54, 1.807) is 6.20 Å². The van der Waals surface area contributed by atoms with Crippen LogP contribution >= 0.6 is 11.8 Å². The molecular weight excluding hydrogens is 308 g/mol. The lowest BCUT2D eigenvalue weighted by atomic mass is 10.1. The Morgan fingerprint density at radius 2 is 2.22 bits per heavy atom. The number of thioether (sulfide) groups is 1. The van der Waals surface area contributed by atoms with Gasteiger partial charge in [-0.05, 0) is 31.2 Å². The number of ether oxygens (including phenoxy) is 1. The minimum absolute atomic E-state index is 0.0296. The van der Waals surface area contributed by atoms with Gasteiger partial charge in [0.1, 0.15) is 11.8 Å². The molecule has 0 aliphatic carbocycles. The van der Waals surface area contributed by atoms with Crippen molar-refractivity contribution in [2.75, 3.05) is 11.5 Å². The van der Waals surface area contributed by atoms with Crippen molar-refractivity contribution in [2.24, 2.45) is 0 Å². The molecule has 0 spiro atoms. The van der Waals surface area contributed by atoms with Crippen molar-refractivity contribution in [3.8, 4) is 0 Å². The molecule has 1 aliphatic heterocycles. The van der Waals surface area contributed by atoms with Gasteiger partial charge in [-0.1, -0.05) is 18.2 Å². The molecule has 1 fully saturated rings. The van der Waals surface area contributed by atoms with Gasteiger partial charge in [0.25, 0.3) is 0 Å². The second-order valence-electron chi connectivity index (χ2n) is 5.74. The number of aryl methyl sites for hydroxylation is 1. The van der Waals surface area contributed by atoms with Crippen LogP contribution in [0.2, 0.25) is 0 Å². The normalized spacial score (nSPS) is 17.9. The summed E-state index contributed by atoms with van der Waals surface area (Å²) in [6.45, 7) is 2.99. The first-order valence-corrected chi connectivity index (χ1v) is 9.09. The van der Waals surface area contributed by atoms with Crippen LogP contribution in [-0.2, 0) is 11.3 Å². The Morgan fingerprint density at radius 1 is 1.35 bits per heavy atom. The molecular formula is C18H18N2O2S. The maximum atomic E-state index is 12.4. The average molecular weight is 326 g/mol. The van der Waals surface area contributed by atoms with E-state index in [0.717, 1.165) is 40.8 Å². The molecule has 1 aliphatic rings. The van der Waals surface area contributed by atoms with Gasteiger partial charge in [0.2, 0.25) is 0 Å². The second-order valence-corrected chi connectivity index (χ2v) is 6.89. The van der Waals surface area contributed by atoms with E-state index in [0.29, 0.717) is 5.69 Å². The molecule has 0 N–H and O–H groups in total. The van der Waals surface area contributed by atoms with Crippen LogP contribution < -0.4 is 0 Å². The number of carbonyl (C=O) groups excluding carboxylic acids is 1. The molecule has 1 aromatic carbocycles. The third-order valence-corrected chi connectivity index (χ3v) is 5.48. The molecule has 0 saturated carbocycles. The third kappa shape index (κ3) is 2.49. The number of rotatable bonds is 3. The van der Waals surface area contributed by atoms with Crippen LogP contribution in [0.25, 0.3) is 21.8 Å². The summed E-state index contributed by atoms with van der Waals surface area (Å²) >= 11 is 1.83. The maximum Gasteiger partial charge on any atom is 0.357 e. The summed E-state index contributed by atoms with van der Waals surface area (Å²) in [6.07, 6.45) is 2.76.